The Bertz CT molecular complexity index is 1020. The Morgan fingerprint density at radius 2 is 1.96 bits per heavy atom. The smallest absolute Gasteiger partial charge is 0.240 e. The number of benzene rings is 2. The second-order valence-corrected chi connectivity index (χ2v) is 7.85. The summed E-state index contributed by atoms with van der Waals surface area (Å²) in [5.74, 6) is 0.169. The van der Waals surface area contributed by atoms with Crippen molar-refractivity contribution < 1.29 is 17.5 Å². The molecule has 0 radical (unpaired) electrons. The maximum atomic E-state index is 13.9. The molecular weight excluding hydrogens is 381 g/mol. The summed E-state index contributed by atoms with van der Waals surface area (Å²) >= 11 is 0. The molecule has 0 aliphatic rings. The Balaban J connectivity index is 1.58. The fraction of sp³-hybridized carbons (Fsp3) is 0.250. The van der Waals surface area contributed by atoms with Crippen LogP contribution in [0.15, 0.2) is 65.8 Å². The molecule has 28 heavy (non-hydrogen) atoms. The molecule has 0 bridgehead atoms. The summed E-state index contributed by atoms with van der Waals surface area (Å²) in [6.45, 7) is 2.86. The predicted molar refractivity (Wildman–Crippen MR) is 105 cm³/mol. The third kappa shape index (κ3) is 4.76. The van der Waals surface area contributed by atoms with Crippen LogP contribution < -0.4 is 9.46 Å². The monoisotopic (exact) mass is 403 g/mol. The molecule has 0 spiro atoms. The number of aryl methyl sites for hydroxylation is 1. The number of imidazole rings is 1. The minimum atomic E-state index is -3.79. The summed E-state index contributed by atoms with van der Waals surface area (Å²) in [5.41, 5.74) is 0.998. The molecule has 148 valence electrons. The van der Waals surface area contributed by atoms with Crippen molar-refractivity contribution in [1.82, 2.24) is 14.3 Å². The van der Waals surface area contributed by atoms with Crippen LogP contribution >= 0.6 is 0 Å². The van der Waals surface area contributed by atoms with Crippen LogP contribution in [0, 0.1) is 5.82 Å². The highest BCUT2D eigenvalue weighted by Gasteiger charge is 2.16. The van der Waals surface area contributed by atoms with Crippen LogP contribution in [0.1, 0.15) is 13.3 Å². The molecule has 0 fully saturated rings. The van der Waals surface area contributed by atoms with Gasteiger partial charge in [0.05, 0.1) is 11.5 Å². The summed E-state index contributed by atoms with van der Waals surface area (Å²) in [4.78, 5) is 4.24. The number of nitrogens with zero attached hydrogens (tertiary/aromatic N) is 2. The Kier molecular flexibility index (Phi) is 6.43. The number of aromatic nitrogens is 2. The van der Waals surface area contributed by atoms with Gasteiger partial charge in [-0.1, -0.05) is 30.3 Å². The van der Waals surface area contributed by atoms with Crippen LogP contribution in [0.2, 0.25) is 0 Å². The largest absolute Gasteiger partial charge is 0.491 e. The van der Waals surface area contributed by atoms with E-state index >= 15 is 0 Å². The maximum Gasteiger partial charge on any atom is 0.240 e. The summed E-state index contributed by atoms with van der Waals surface area (Å²) in [5, 5.41) is 0. The molecule has 0 atom stereocenters. The topological polar surface area (TPSA) is 73.2 Å². The third-order valence-electron chi connectivity index (χ3n) is 4.13. The number of sulfonamides is 1. The number of hydrogen-bond acceptors (Lipinski definition) is 4. The van der Waals surface area contributed by atoms with Gasteiger partial charge < -0.3 is 9.30 Å². The molecule has 6 nitrogen and oxygen atoms in total. The van der Waals surface area contributed by atoms with Gasteiger partial charge in [0, 0.05) is 31.0 Å². The Morgan fingerprint density at radius 3 is 2.68 bits per heavy atom. The Hall–Kier alpha value is -2.71. The second-order valence-electron chi connectivity index (χ2n) is 6.09. The molecule has 0 aliphatic heterocycles. The molecule has 1 N–H and O–H groups in total. The van der Waals surface area contributed by atoms with Gasteiger partial charge >= 0.3 is 0 Å². The van der Waals surface area contributed by atoms with Gasteiger partial charge in [0.2, 0.25) is 10.0 Å². The molecule has 8 heteroatoms. The minimum Gasteiger partial charge on any atom is -0.491 e. The number of rotatable bonds is 9. The second kappa shape index (κ2) is 8.99. The fourth-order valence-electron chi connectivity index (χ4n) is 2.80. The molecular formula is C20H22FN3O3S. The first kappa shape index (κ1) is 20.0. The first-order chi connectivity index (χ1) is 13.5. The molecule has 1 heterocycles. The van der Waals surface area contributed by atoms with Gasteiger partial charge in [-0.3, -0.25) is 0 Å². The van der Waals surface area contributed by atoms with Crippen LogP contribution in [0.25, 0.3) is 11.4 Å². The maximum absolute atomic E-state index is 13.9. The number of nitrogens with one attached hydrogen (secondary N) is 1. The van der Waals surface area contributed by atoms with Gasteiger partial charge in [-0.25, -0.2) is 22.5 Å². The highest BCUT2D eigenvalue weighted by molar-refractivity contribution is 7.89. The Labute approximate surface area is 164 Å². The van der Waals surface area contributed by atoms with Gasteiger partial charge in [-0.05, 0) is 31.5 Å². The van der Waals surface area contributed by atoms with E-state index in [1.54, 1.807) is 13.1 Å². The molecule has 3 rings (SSSR count). The van der Waals surface area contributed by atoms with E-state index in [2.05, 4.69) is 9.71 Å². The number of ether oxygens (including phenoxy) is 1. The van der Waals surface area contributed by atoms with Gasteiger partial charge in [-0.15, -0.1) is 0 Å². The highest BCUT2D eigenvalue weighted by atomic mass is 32.2. The quantitative estimate of drug-likeness (QED) is 0.556. The molecule has 2 aromatic carbocycles. The van der Waals surface area contributed by atoms with Crippen molar-refractivity contribution in [3.63, 3.8) is 0 Å². The SMILES string of the molecule is CCOc1ccc(S(=O)(=O)NCCCn2ccnc2-c2ccccc2)cc1F. The molecule has 1 aromatic heterocycles. The zero-order valence-corrected chi connectivity index (χ0v) is 16.3. The number of hydrogen-bond donors (Lipinski definition) is 1. The van der Waals surface area contributed by atoms with E-state index in [0.29, 0.717) is 19.6 Å². The van der Waals surface area contributed by atoms with Crippen molar-refractivity contribution in [3.8, 4) is 17.1 Å². The molecule has 0 saturated heterocycles. The average molecular weight is 403 g/mol. The van der Waals surface area contributed by atoms with E-state index in [0.717, 1.165) is 17.5 Å². The third-order valence-corrected chi connectivity index (χ3v) is 5.59. The van der Waals surface area contributed by atoms with Crippen LogP contribution in [-0.2, 0) is 16.6 Å². The van der Waals surface area contributed by atoms with E-state index < -0.39 is 15.8 Å². The van der Waals surface area contributed by atoms with Crippen LogP contribution in [0.3, 0.4) is 0 Å². The predicted octanol–water partition coefficient (Wildman–Crippen LogP) is 3.46. The normalized spacial score (nSPS) is 11.5. The van der Waals surface area contributed by atoms with E-state index in [9.17, 15) is 12.8 Å². The highest BCUT2D eigenvalue weighted by Crippen LogP contribution is 2.21. The van der Waals surface area contributed by atoms with E-state index in [1.165, 1.54) is 12.1 Å². The molecule has 0 aliphatic carbocycles. The van der Waals surface area contributed by atoms with E-state index in [-0.39, 0.29) is 17.2 Å². The molecule has 0 unspecified atom stereocenters. The summed E-state index contributed by atoms with van der Waals surface area (Å²) in [7, 11) is -3.79. The Morgan fingerprint density at radius 1 is 1.18 bits per heavy atom. The summed E-state index contributed by atoms with van der Waals surface area (Å²) < 4.78 is 48.2. The molecule has 0 amide bonds. The lowest BCUT2D eigenvalue weighted by Crippen LogP contribution is -2.25. The van der Waals surface area contributed by atoms with E-state index in [4.69, 9.17) is 4.74 Å². The average Bonchev–Trinajstić information content (AvgIpc) is 3.16. The van der Waals surface area contributed by atoms with Gasteiger partial charge in [0.25, 0.3) is 0 Å². The lowest BCUT2D eigenvalue weighted by molar-refractivity contribution is 0.321. The van der Waals surface area contributed by atoms with Crippen molar-refractivity contribution >= 4 is 10.0 Å². The lowest BCUT2D eigenvalue weighted by Gasteiger charge is -2.10. The van der Waals surface area contributed by atoms with Crippen LogP contribution in [0.4, 0.5) is 4.39 Å². The van der Waals surface area contributed by atoms with Crippen molar-refractivity contribution in [2.75, 3.05) is 13.2 Å². The zero-order chi connectivity index (χ0) is 20.0. The van der Waals surface area contributed by atoms with Crippen molar-refractivity contribution in [3.05, 3.63) is 66.7 Å². The van der Waals surface area contributed by atoms with Crippen LogP contribution in [0.5, 0.6) is 5.75 Å². The minimum absolute atomic E-state index is 0.0370. The number of halogens is 1. The summed E-state index contributed by atoms with van der Waals surface area (Å²) in [6, 6.07) is 13.4. The molecule has 0 saturated carbocycles. The van der Waals surface area contributed by atoms with Gasteiger partial charge in [0.15, 0.2) is 11.6 Å². The molecule has 3 aromatic rings. The van der Waals surface area contributed by atoms with Crippen molar-refractivity contribution in [1.29, 1.82) is 0 Å². The van der Waals surface area contributed by atoms with E-state index in [1.807, 2.05) is 41.1 Å². The zero-order valence-electron chi connectivity index (χ0n) is 15.5. The van der Waals surface area contributed by atoms with Crippen molar-refractivity contribution in [2.45, 2.75) is 24.8 Å². The van der Waals surface area contributed by atoms with Gasteiger partial charge in [0.1, 0.15) is 5.82 Å². The first-order valence-electron chi connectivity index (χ1n) is 9.00. The van der Waals surface area contributed by atoms with Crippen LogP contribution in [-0.4, -0.2) is 31.1 Å². The van der Waals surface area contributed by atoms with Crippen molar-refractivity contribution in [2.24, 2.45) is 0 Å². The fourth-order valence-corrected chi connectivity index (χ4v) is 3.88. The summed E-state index contributed by atoms with van der Waals surface area (Å²) in [6.07, 6.45) is 4.14. The standard InChI is InChI=1S/C20H22FN3O3S/c1-2-27-19-10-9-17(15-18(19)21)28(25,26)23-11-6-13-24-14-12-22-20(24)16-7-4-3-5-8-16/h3-5,7-10,12,14-15,23H,2,6,11,13H2,1H3. The lowest BCUT2D eigenvalue weighted by atomic mass is 10.2. The van der Waals surface area contributed by atoms with Gasteiger partial charge in [-0.2, -0.15) is 0 Å². The first-order valence-corrected chi connectivity index (χ1v) is 10.5.